The zero-order valence-electron chi connectivity index (χ0n) is 10.2. The van der Waals surface area contributed by atoms with Gasteiger partial charge in [0.25, 0.3) is 0 Å². The average Bonchev–Trinajstić information content (AvgIpc) is 2.41. The predicted octanol–water partition coefficient (Wildman–Crippen LogP) is 5.28. The van der Waals surface area contributed by atoms with E-state index in [-0.39, 0.29) is 0 Å². The van der Waals surface area contributed by atoms with Gasteiger partial charge in [-0.2, -0.15) is 0 Å². The molecule has 2 aromatic carbocycles. The quantitative estimate of drug-likeness (QED) is 0.807. The summed E-state index contributed by atoms with van der Waals surface area (Å²) in [6.45, 7) is 2.95. The second-order valence-corrected chi connectivity index (χ2v) is 5.41. The van der Waals surface area contributed by atoms with Gasteiger partial charge in [0, 0.05) is 16.7 Å². The molecule has 0 saturated carbocycles. The summed E-state index contributed by atoms with van der Waals surface area (Å²) in [5.41, 5.74) is 3.69. The maximum atomic E-state index is 5.96. The van der Waals surface area contributed by atoms with E-state index in [9.17, 15) is 0 Å². The average molecular weight is 325 g/mol. The van der Waals surface area contributed by atoms with Gasteiger partial charge in [-0.05, 0) is 57.7 Å². The summed E-state index contributed by atoms with van der Waals surface area (Å²) in [7, 11) is 0. The Morgan fingerprint density at radius 2 is 1.72 bits per heavy atom. The highest BCUT2D eigenvalue weighted by molar-refractivity contribution is 9.10. The van der Waals surface area contributed by atoms with E-state index in [1.165, 1.54) is 11.1 Å². The monoisotopic (exact) mass is 323 g/mol. The zero-order chi connectivity index (χ0) is 13.0. The highest BCUT2D eigenvalue weighted by Gasteiger charge is 1.99. The predicted molar refractivity (Wildman–Crippen MR) is 82.3 cm³/mol. The summed E-state index contributed by atoms with van der Waals surface area (Å²) in [6, 6.07) is 14.5. The molecule has 0 aliphatic heterocycles. The van der Waals surface area contributed by atoms with E-state index < -0.39 is 0 Å². The van der Waals surface area contributed by atoms with Crippen molar-refractivity contribution in [3.63, 3.8) is 0 Å². The van der Waals surface area contributed by atoms with Gasteiger partial charge < -0.3 is 5.32 Å². The fourth-order valence-electron chi connectivity index (χ4n) is 1.71. The van der Waals surface area contributed by atoms with E-state index in [0.717, 1.165) is 28.1 Å². The molecule has 0 bridgehead atoms. The van der Waals surface area contributed by atoms with Gasteiger partial charge >= 0.3 is 0 Å². The molecule has 18 heavy (non-hydrogen) atoms. The van der Waals surface area contributed by atoms with Crippen molar-refractivity contribution in [2.75, 3.05) is 5.32 Å². The molecule has 0 aliphatic carbocycles. The molecule has 0 radical (unpaired) electrons. The molecular weight excluding hydrogens is 310 g/mol. The van der Waals surface area contributed by atoms with Crippen LogP contribution in [0, 0.1) is 0 Å². The molecule has 1 N–H and O–H groups in total. The van der Waals surface area contributed by atoms with Crippen LogP contribution in [0.25, 0.3) is 0 Å². The van der Waals surface area contributed by atoms with E-state index >= 15 is 0 Å². The molecule has 0 aliphatic rings. The van der Waals surface area contributed by atoms with Crippen LogP contribution in [0.4, 0.5) is 5.69 Å². The molecule has 0 fully saturated rings. The lowest BCUT2D eigenvalue weighted by Gasteiger charge is -2.08. The number of anilines is 1. The second-order valence-electron chi connectivity index (χ2n) is 4.15. The Hall–Kier alpha value is -0.990. The highest BCUT2D eigenvalue weighted by atomic mass is 79.9. The molecule has 0 aromatic heterocycles. The number of hydrogen-bond acceptors (Lipinski definition) is 1. The summed E-state index contributed by atoms with van der Waals surface area (Å²) in [4.78, 5) is 0. The fourth-order valence-corrected chi connectivity index (χ4v) is 2.26. The molecule has 0 saturated heterocycles. The fraction of sp³-hybridized carbons (Fsp3) is 0.200. The van der Waals surface area contributed by atoms with E-state index in [2.05, 4.69) is 52.4 Å². The van der Waals surface area contributed by atoms with Crippen molar-refractivity contribution < 1.29 is 0 Å². The molecule has 0 heterocycles. The molecule has 3 heteroatoms. The van der Waals surface area contributed by atoms with Gasteiger partial charge in [0.2, 0.25) is 0 Å². The summed E-state index contributed by atoms with van der Waals surface area (Å²) in [5, 5.41) is 4.14. The Bertz CT molecular complexity index is 523. The summed E-state index contributed by atoms with van der Waals surface area (Å²) >= 11 is 9.40. The molecule has 0 amide bonds. The summed E-state index contributed by atoms with van der Waals surface area (Å²) in [5.74, 6) is 0. The summed E-state index contributed by atoms with van der Waals surface area (Å²) in [6.07, 6.45) is 1.07. The van der Waals surface area contributed by atoms with Gasteiger partial charge in [-0.3, -0.25) is 0 Å². The first kappa shape index (κ1) is 13.4. The third-order valence-corrected chi connectivity index (χ3v) is 4.06. The van der Waals surface area contributed by atoms with Gasteiger partial charge in [-0.15, -0.1) is 0 Å². The standard InChI is InChI=1S/C15H15BrClN/c1-2-11-3-6-13(7-4-11)18-10-12-5-8-15(17)14(16)9-12/h3-9,18H,2,10H2,1H3. The molecule has 2 aromatic rings. The summed E-state index contributed by atoms with van der Waals surface area (Å²) < 4.78 is 0.935. The molecule has 94 valence electrons. The lowest BCUT2D eigenvalue weighted by molar-refractivity contribution is 1.12. The lowest BCUT2D eigenvalue weighted by Crippen LogP contribution is -1.99. The van der Waals surface area contributed by atoms with Crippen molar-refractivity contribution in [2.45, 2.75) is 19.9 Å². The van der Waals surface area contributed by atoms with Crippen molar-refractivity contribution >= 4 is 33.2 Å². The van der Waals surface area contributed by atoms with Crippen LogP contribution < -0.4 is 5.32 Å². The highest BCUT2D eigenvalue weighted by Crippen LogP contribution is 2.23. The number of nitrogens with one attached hydrogen (secondary N) is 1. The van der Waals surface area contributed by atoms with E-state index in [4.69, 9.17) is 11.6 Å². The SMILES string of the molecule is CCc1ccc(NCc2ccc(Cl)c(Br)c2)cc1. The molecule has 2 rings (SSSR count). The number of hydrogen-bond donors (Lipinski definition) is 1. The molecular formula is C15H15BrClN. The largest absolute Gasteiger partial charge is 0.381 e. The minimum atomic E-state index is 0.742. The zero-order valence-corrected chi connectivity index (χ0v) is 12.6. The van der Waals surface area contributed by atoms with Crippen LogP contribution in [-0.4, -0.2) is 0 Å². The Labute approximate surface area is 121 Å². The topological polar surface area (TPSA) is 12.0 Å². The van der Waals surface area contributed by atoms with Crippen molar-refractivity contribution in [3.05, 3.63) is 63.1 Å². The minimum Gasteiger partial charge on any atom is -0.381 e. The van der Waals surface area contributed by atoms with Crippen molar-refractivity contribution in [1.82, 2.24) is 0 Å². The first-order valence-corrected chi connectivity index (χ1v) is 7.13. The van der Waals surface area contributed by atoms with E-state index in [1.807, 2.05) is 18.2 Å². The van der Waals surface area contributed by atoms with Gasteiger partial charge in [0.1, 0.15) is 0 Å². The Kier molecular flexibility index (Phi) is 4.67. The van der Waals surface area contributed by atoms with E-state index in [1.54, 1.807) is 0 Å². The first-order valence-electron chi connectivity index (χ1n) is 5.96. The normalized spacial score (nSPS) is 10.4. The third-order valence-electron chi connectivity index (χ3n) is 2.84. The Morgan fingerprint density at radius 3 is 2.33 bits per heavy atom. The van der Waals surface area contributed by atoms with Gasteiger partial charge in [0.05, 0.1) is 5.02 Å². The third kappa shape index (κ3) is 3.50. The first-order chi connectivity index (χ1) is 8.69. The molecule has 1 nitrogen and oxygen atoms in total. The molecule has 0 atom stereocenters. The lowest BCUT2D eigenvalue weighted by atomic mass is 10.1. The number of rotatable bonds is 4. The van der Waals surface area contributed by atoms with Crippen LogP contribution in [0.3, 0.4) is 0 Å². The minimum absolute atomic E-state index is 0.742. The number of aryl methyl sites for hydroxylation is 1. The van der Waals surface area contributed by atoms with Crippen LogP contribution >= 0.6 is 27.5 Å². The van der Waals surface area contributed by atoms with Gasteiger partial charge in [0.15, 0.2) is 0 Å². The van der Waals surface area contributed by atoms with Crippen LogP contribution in [-0.2, 0) is 13.0 Å². The second kappa shape index (κ2) is 6.26. The Morgan fingerprint density at radius 1 is 1.06 bits per heavy atom. The van der Waals surface area contributed by atoms with Crippen molar-refractivity contribution in [1.29, 1.82) is 0 Å². The number of halogens is 2. The van der Waals surface area contributed by atoms with Crippen LogP contribution in [0.5, 0.6) is 0 Å². The maximum Gasteiger partial charge on any atom is 0.0548 e. The van der Waals surface area contributed by atoms with Gasteiger partial charge in [-0.1, -0.05) is 36.7 Å². The molecule has 0 spiro atoms. The van der Waals surface area contributed by atoms with Gasteiger partial charge in [-0.25, -0.2) is 0 Å². The smallest absolute Gasteiger partial charge is 0.0548 e. The number of benzene rings is 2. The Balaban J connectivity index is 1.99. The van der Waals surface area contributed by atoms with Crippen LogP contribution in [0.2, 0.25) is 5.02 Å². The molecule has 0 unspecified atom stereocenters. The maximum absolute atomic E-state index is 5.96. The van der Waals surface area contributed by atoms with Crippen molar-refractivity contribution in [2.24, 2.45) is 0 Å². The van der Waals surface area contributed by atoms with Crippen LogP contribution in [0.15, 0.2) is 46.9 Å². The van der Waals surface area contributed by atoms with Crippen LogP contribution in [0.1, 0.15) is 18.1 Å². The van der Waals surface area contributed by atoms with Crippen molar-refractivity contribution in [3.8, 4) is 0 Å². The van der Waals surface area contributed by atoms with E-state index in [0.29, 0.717) is 0 Å².